The molecule has 0 radical (unpaired) electrons. The number of thioether (sulfide) groups is 1. The first-order chi connectivity index (χ1) is 9.80. The first-order valence-electron chi connectivity index (χ1n) is 6.94. The van der Waals surface area contributed by atoms with Crippen LogP contribution in [-0.4, -0.2) is 50.5 Å². The van der Waals surface area contributed by atoms with Crippen molar-refractivity contribution < 1.29 is 14.7 Å². The molecule has 1 N–H and O–H groups in total. The first-order valence-corrected chi connectivity index (χ1v) is 7.93. The van der Waals surface area contributed by atoms with Crippen molar-refractivity contribution in [1.29, 1.82) is 0 Å². The second kappa shape index (κ2) is 6.05. The zero-order valence-electron chi connectivity index (χ0n) is 12.5. The summed E-state index contributed by atoms with van der Waals surface area (Å²) in [6, 6.07) is 2.95. The fraction of sp³-hybridized carbons (Fsp3) is 0.533. The Morgan fingerprint density at radius 2 is 2.05 bits per heavy atom. The molecule has 5 nitrogen and oxygen atoms in total. The number of hydrogen-bond donors (Lipinski definition) is 1. The maximum Gasteiger partial charge on any atom is 0.337 e. The third kappa shape index (κ3) is 3.75. The summed E-state index contributed by atoms with van der Waals surface area (Å²) in [7, 11) is 0. The number of nitrogens with zero attached hydrogens (tertiary/aromatic N) is 2. The van der Waals surface area contributed by atoms with Crippen molar-refractivity contribution in [3.8, 4) is 0 Å². The van der Waals surface area contributed by atoms with Gasteiger partial charge in [0.15, 0.2) is 0 Å². The second-order valence-electron chi connectivity index (χ2n) is 5.78. The first kappa shape index (κ1) is 15.8. The normalized spacial score (nSPS) is 18.1. The predicted octanol–water partition coefficient (Wildman–Crippen LogP) is 2.45. The molecule has 0 bridgehead atoms. The van der Waals surface area contributed by atoms with Crippen molar-refractivity contribution in [1.82, 2.24) is 9.88 Å². The number of aromatic carboxylic acids is 1. The highest BCUT2D eigenvalue weighted by molar-refractivity contribution is 8.00. The summed E-state index contributed by atoms with van der Waals surface area (Å²) in [4.78, 5) is 29.5. The van der Waals surface area contributed by atoms with Crippen molar-refractivity contribution in [3.63, 3.8) is 0 Å². The summed E-state index contributed by atoms with van der Waals surface area (Å²) < 4.78 is 0.186. The molecule has 0 aromatic carbocycles. The lowest BCUT2D eigenvalue weighted by molar-refractivity contribution is 0.0691. The van der Waals surface area contributed by atoms with E-state index in [1.165, 1.54) is 12.1 Å². The number of hydrogen-bond acceptors (Lipinski definition) is 4. The molecule has 2 heterocycles. The topological polar surface area (TPSA) is 70.5 Å². The Kier molecular flexibility index (Phi) is 4.56. The van der Waals surface area contributed by atoms with Gasteiger partial charge in [-0.2, -0.15) is 11.8 Å². The van der Waals surface area contributed by atoms with Gasteiger partial charge in [-0.15, -0.1) is 0 Å². The summed E-state index contributed by atoms with van der Waals surface area (Å²) >= 11 is 1.88. The van der Waals surface area contributed by atoms with Crippen molar-refractivity contribution in [2.24, 2.45) is 0 Å². The Hall–Kier alpha value is -1.56. The molecule has 21 heavy (non-hydrogen) atoms. The minimum atomic E-state index is -1.02. The fourth-order valence-corrected chi connectivity index (χ4v) is 3.39. The third-order valence-corrected chi connectivity index (χ3v) is 5.03. The van der Waals surface area contributed by atoms with E-state index in [0.717, 1.165) is 12.2 Å². The SMILES string of the molecule is Cc1nc(C(=O)N2CCSC(C)(C)CC2)ccc1C(=O)O. The highest BCUT2D eigenvalue weighted by Gasteiger charge is 2.27. The Morgan fingerprint density at radius 1 is 1.33 bits per heavy atom. The number of carboxylic acid groups (broad SMARTS) is 1. The van der Waals surface area contributed by atoms with Gasteiger partial charge in [-0.3, -0.25) is 4.79 Å². The highest BCUT2D eigenvalue weighted by Crippen LogP contribution is 2.31. The maximum absolute atomic E-state index is 12.5. The molecule has 1 amide bonds. The van der Waals surface area contributed by atoms with Crippen LogP contribution in [0.3, 0.4) is 0 Å². The lowest BCUT2D eigenvalue weighted by Crippen LogP contribution is -2.34. The summed E-state index contributed by atoms with van der Waals surface area (Å²) in [5.41, 5.74) is 0.833. The number of carbonyl (C=O) groups is 2. The predicted molar refractivity (Wildman–Crippen MR) is 83.0 cm³/mol. The number of amides is 1. The molecule has 1 saturated heterocycles. The van der Waals surface area contributed by atoms with E-state index in [9.17, 15) is 9.59 Å². The molecular formula is C15H20N2O3S. The van der Waals surface area contributed by atoms with Crippen LogP contribution in [0.4, 0.5) is 0 Å². The Bertz CT molecular complexity index is 572. The molecular weight excluding hydrogens is 288 g/mol. The van der Waals surface area contributed by atoms with Gasteiger partial charge in [-0.1, -0.05) is 13.8 Å². The van der Waals surface area contributed by atoms with Crippen LogP contribution in [-0.2, 0) is 0 Å². The maximum atomic E-state index is 12.5. The molecule has 6 heteroatoms. The van der Waals surface area contributed by atoms with Gasteiger partial charge < -0.3 is 10.0 Å². The number of aryl methyl sites for hydroxylation is 1. The Labute approximate surface area is 128 Å². The van der Waals surface area contributed by atoms with Crippen LogP contribution in [0.15, 0.2) is 12.1 Å². The monoisotopic (exact) mass is 308 g/mol. The number of carboxylic acids is 1. The Balaban J connectivity index is 2.16. The van der Waals surface area contributed by atoms with Crippen LogP contribution >= 0.6 is 11.8 Å². The summed E-state index contributed by atoms with van der Waals surface area (Å²) in [6.07, 6.45) is 0.940. The molecule has 1 fully saturated rings. The molecule has 1 aliphatic rings. The lowest BCUT2D eigenvalue weighted by atomic mass is 10.1. The molecule has 2 rings (SSSR count). The standard InChI is InChI=1S/C15H20N2O3S/c1-10-11(14(19)20)4-5-12(16-10)13(18)17-7-6-15(2,3)21-9-8-17/h4-5H,6-9H2,1-3H3,(H,19,20). The minimum absolute atomic E-state index is 0.117. The molecule has 0 unspecified atom stereocenters. The van der Waals surface area contributed by atoms with Gasteiger partial charge in [-0.05, 0) is 25.5 Å². The van der Waals surface area contributed by atoms with Crippen LogP contribution in [0.5, 0.6) is 0 Å². The van der Waals surface area contributed by atoms with Crippen molar-refractivity contribution >= 4 is 23.6 Å². The third-order valence-electron chi connectivity index (χ3n) is 3.66. The van der Waals surface area contributed by atoms with Gasteiger partial charge in [0.2, 0.25) is 0 Å². The van der Waals surface area contributed by atoms with Gasteiger partial charge >= 0.3 is 5.97 Å². The Morgan fingerprint density at radius 3 is 2.67 bits per heavy atom. The van der Waals surface area contributed by atoms with E-state index in [4.69, 9.17) is 5.11 Å². The van der Waals surface area contributed by atoms with E-state index in [-0.39, 0.29) is 16.2 Å². The van der Waals surface area contributed by atoms with E-state index in [1.54, 1.807) is 6.92 Å². The number of aromatic nitrogens is 1. The number of pyridine rings is 1. The number of carbonyl (C=O) groups excluding carboxylic acids is 1. The van der Waals surface area contributed by atoms with Crippen molar-refractivity contribution in [3.05, 3.63) is 29.1 Å². The molecule has 0 spiro atoms. The van der Waals surface area contributed by atoms with Crippen LogP contribution in [0.25, 0.3) is 0 Å². The zero-order valence-corrected chi connectivity index (χ0v) is 13.4. The zero-order chi connectivity index (χ0) is 15.6. The van der Waals surface area contributed by atoms with Gasteiger partial charge in [0.1, 0.15) is 5.69 Å². The van der Waals surface area contributed by atoms with Gasteiger partial charge in [-0.25, -0.2) is 9.78 Å². The molecule has 0 atom stereocenters. The minimum Gasteiger partial charge on any atom is -0.478 e. The van der Waals surface area contributed by atoms with Crippen LogP contribution in [0, 0.1) is 6.92 Å². The molecule has 0 saturated carbocycles. The van der Waals surface area contributed by atoms with Crippen LogP contribution in [0.1, 0.15) is 46.8 Å². The smallest absolute Gasteiger partial charge is 0.337 e. The average Bonchev–Trinajstić information content (AvgIpc) is 2.58. The molecule has 1 aromatic heterocycles. The van der Waals surface area contributed by atoms with Gasteiger partial charge in [0.25, 0.3) is 5.91 Å². The van der Waals surface area contributed by atoms with Crippen LogP contribution in [0.2, 0.25) is 0 Å². The highest BCUT2D eigenvalue weighted by atomic mass is 32.2. The van der Waals surface area contributed by atoms with E-state index in [1.807, 2.05) is 16.7 Å². The van der Waals surface area contributed by atoms with E-state index >= 15 is 0 Å². The van der Waals surface area contributed by atoms with Gasteiger partial charge in [0.05, 0.1) is 11.3 Å². The molecule has 0 aliphatic carbocycles. The van der Waals surface area contributed by atoms with E-state index in [2.05, 4.69) is 18.8 Å². The van der Waals surface area contributed by atoms with E-state index < -0.39 is 5.97 Å². The quantitative estimate of drug-likeness (QED) is 0.908. The summed E-state index contributed by atoms with van der Waals surface area (Å²) in [5, 5.41) is 9.00. The van der Waals surface area contributed by atoms with Crippen molar-refractivity contribution in [2.75, 3.05) is 18.8 Å². The summed E-state index contributed by atoms with van der Waals surface area (Å²) in [5.74, 6) is -0.231. The molecule has 114 valence electrons. The lowest BCUT2D eigenvalue weighted by Gasteiger charge is -2.22. The average molecular weight is 308 g/mol. The fourth-order valence-electron chi connectivity index (χ4n) is 2.29. The largest absolute Gasteiger partial charge is 0.478 e. The van der Waals surface area contributed by atoms with Gasteiger partial charge in [0, 0.05) is 23.6 Å². The van der Waals surface area contributed by atoms with E-state index in [0.29, 0.717) is 24.5 Å². The van der Waals surface area contributed by atoms with Crippen LogP contribution < -0.4 is 0 Å². The van der Waals surface area contributed by atoms with Crippen molar-refractivity contribution in [2.45, 2.75) is 31.9 Å². The second-order valence-corrected chi connectivity index (χ2v) is 7.59. The molecule has 1 aromatic rings. The summed E-state index contributed by atoms with van der Waals surface area (Å²) in [6.45, 7) is 7.40. The number of rotatable bonds is 2. The molecule has 1 aliphatic heterocycles.